The van der Waals surface area contributed by atoms with Gasteiger partial charge in [0.25, 0.3) is 0 Å². The fourth-order valence-electron chi connectivity index (χ4n) is 2.43. The van der Waals surface area contributed by atoms with Crippen molar-refractivity contribution in [2.75, 3.05) is 0 Å². The summed E-state index contributed by atoms with van der Waals surface area (Å²) in [4.78, 5) is 14.3. The number of allylic oxidation sites excluding steroid dienone is 1. The summed E-state index contributed by atoms with van der Waals surface area (Å²) in [6.45, 7) is 0. The number of carbonyl (C=O) groups is 1. The van der Waals surface area contributed by atoms with Crippen LogP contribution in [0.25, 0.3) is 5.76 Å². The lowest BCUT2D eigenvalue weighted by Gasteiger charge is -2.19. The zero-order valence-corrected chi connectivity index (χ0v) is 15.6. The Morgan fingerprint density at radius 1 is 0.676 bits per heavy atom. The predicted molar refractivity (Wildman–Crippen MR) is 83.0 cm³/mol. The Bertz CT molecular complexity index is 1070. The summed E-state index contributed by atoms with van der Waals surface area (Å²) in [6.07, 6.45) is -22.8. The van der Waals surface area contributed by atoms with Crippen molar-refractivity contribution in [3.63, 3.8) is 0 Å². The molecule has 1 aromatic carbocycles. The summed E-state index contributed by atoms with van der Waals surface area (Å²) in [7, 11) is 0. The van der Waals surface area contributed by atoms with E-state index in [0.29, 0.717) is 0 Å². The largest absolute Gasteiger partial charge is 0.872 e. The molecule has 0 saturated carbocycles. The molecular formula is C18H5F13NO2-. The molecule has 1 heterocycles. The van der Waals surface area contributed by atoms with Crippen LogP contribution in [0.3, 0.4) is 0 Å². The molecule has 1 aromatic heterocycles. The van der Waals surface area contributed by atoms with Crippen molar-refractivity contribution in [2.24, 2.45) is 0 Å². The van der Waals surface area contributed by atoms with Gasteiger partial charge in [-0.3, -0.25) is 4.79 Å². The van der Waals surface area contributed by atoms with E-state index in [1.54, 1.807) is 0 Å². The van der Waals surface area contributed by atoms with Crippen LogP contribution in [-0.2, 0) is 24.7 Å². The molecule has 0 aliphatic rings. The third kappa shape index (κ3) is 5.96. The van der Waals surface area contributed by atoms with E-state index in [2.05, 4.69) is 4.98 Å². The standard InChI is InChI=1S/C18H6F13NO2/c19-14-8(15(20,21)22)1-6(2-9(14)16(23,24)25)10(33)5-11(34)7-3-12(17(26,27)28)32-13(4-7)18(29,30)31/h1-5,33H/p-1/b10-5-. The third-order valence-electron chi connectivity index (χ3n) is 3.92. The average molecular weight is 514 g/mol. The van der Waals surface area contributed by atoms with Gasteiger partial charge in [-0.15, -0.1) is 0 Å². The minimum absolute atomic E-state index is 0.214. The van der Waals surface area contributed by atoms with Crippen molar-refractivity contribution in [1.82, 2.24) is 4.98 Å². The number of carbonyl (C=O) groups excluding carboxylic acids is 1. The molecule has 0 saturated heterocycles. The second-order valence-electron chi connectivity index (χ2n) is 6.38. The maximum atomic E-state index is 13.7. The van der Waals surface area contributed by atoms with Gasteiger partial charge in [-0.2, -0.15) is 52.7 Å². The summed E-state index contributed by atoms with van der Waals surface area (Å²) in [5.41, 5.74) is -12.5. The van der Waals surface area contributed by atoms with Gasteiger partial charge in [0.1, 0.15) is 17.2 Å². The number of hydrogen-bond donors (Lipinski definition) is 0. The topological polar surface area (TPSA) is 53.0 Å². The van der Waals surface area contributed by atoms with Gasteiger partial charge in [-0.25, -0.2) is 9.37 Å². The molecule has 0 amide bonds. The normalized spacial score (nSPS) is 13.9. The summed E-state index contributed by atoms with van der Waals surface area (Å²) in [5, 5.41) is 12.1. The average Bonchev–Trinajstić information content (AvgIpc) is 2.64. The number of benzene rings is 1. The van der Waals surface area contributed by atoms with Crippen LogP contribution in [-0.4, -0.2) is 10.8 Å². The monoisotopic (exact) mass is 514 g/mol. The Morgan fingerprint density at radius 3 is 1.38 bits per heavy atom. The lowest BCUT2D eigenvalue weighted by Crippen LogP contribution is -2.18. The van der Waals surface area contributed by atoms with E-state index in [0.717, 1.165) is 0 Å². The van der Waals surface area contributed by atoms with Crippen LogP contribution >= 0.6 is 0 Å². The quantitative estimate of drug-likeness (QED) is 0.223. The lowest BCUT2D eigenvalue weighted by atomic mass is 10.0. The smallest absolute Gasteiger partial charge is 0.433 e. The molecule has 0 bridgehead atoms. The summed E-state index contributed by atoms with van der Waals surface area (Å²) in [6, 6.07) is -1.22. The molecule has 0 aliphatic carbocycles. The first kappa shape index (κ1) is 26.9. The van der Waals surface area contributed by atoms with E-state index in [-0.39, 0.29) is 18.2 Å². The van der Waals surface area contributed by atoms with E-state index in [4.69, 9.17) is 0 Å². The molecular weight excluding hydrogens is 509 g/mol. The third-order valence-corrected chi connectivity index (χ3v) is 3.92. The van der Waals surface area contributed by atoms with Crippen molar-refractivity contribution in [3.8, 4) is 0 Å². The zero-order valence-electron chi connectivity index (χ0n) is 15.6. The molecule has 0 unspecified atom stereocenters. The van der Waals surface area contributed by atoms with E-state index >= 15 is 0 Å². The second kappa shape index (κ2) is 8.47. The molecule has 0 N–H and O–H groups in total. The highest BCUT2D eigenvalue weighted by Gasteiger charge is 2.42. The van der Waals surface area contributed by atoms with E-state index < -0.39 is 87.8 Å². The fraction of sp³-hybridized carbons (Fsp3) is 0.222. The van der Waals surface area contributed by atoms with Gasteiger partial charge >= 0.3 is 24.7 Å². The number of rotatable bonds is 3. The molecule has 0 fully saturated rings. The first-order valence-corrected chi connectivity index (χ1v) is 8.20. The van der Waals surface area contributed by atoms with Gasteiger partial charge in [-0.05, 0) is 35.9 Å². The number of nitrogens with zero attached hydrogens (tertiary/aromatic N) is 1. The van der Waals surface area contributed by atoms with Gasteiger partial charge in [0.05, 0.1) is 11.1 Å². The second-order valence-corrected chi connectivity index (χ2v) is 6.38. The first-order valence-electron chi connectivity index (χ1n) is 8.20. The van der Waals surface area contributed by atoms with Crippen molar-refractivity contribution in [3.05, 3.63) is 69.8 Å². The van der Waals surface area contributed by atoms with E-state index in [9.17, 15) is 67.0 Å². The highest BCUT2D eigenvalue weighted by Crippen LogP contribution is 2.40. The molecule has 0 radical (unpaired) electrons. The van der Waals surface area contributed by atoms with Gasteiger partial charge in [0, 0.05) is 5.56 Å². The lowest BCUT2D eigenvalue weighted by molar-refractivity contribution is -0.243. The van der Waals surface area contributed by atoms with Crippen LogP contribution in [0, 0.1) is 5.82 Å². The highest BCUT2D eigenvalue weighted by molar-refractivity contribution is 6.07. The number of ketones is 1. The zero-order chi connectivity index (χ0) is 26.4. The molecule has 0 spiro atoms. The summed E-state index contributed by atoms with van der Waals surface area (Å²) in [5.74, 6) is -6.71. The highest BCUT2D eigenvalue weighted by atomic mass is 19.4. The van der Waals surface area contributed by atoms with Crippen LogP contribution in [0.5, 0.6) is 0 Å². The summed E-state index contributed by atoms with van der Waals surface area (Å²) < 4.78 is 168. The molecule has 2 aromatic rings. The predicted octanol–water partition coefficient (Wildman–Crippen LogP) is 5.88. The fourth-order valence-corrected chi connectivity index (χ4v) is 2.43. The number of alkyl halides is 12. The molecule has 34 heavy (non-hydrogen) atoms. The number of halogens is 13. The van der Waals surface area contributed by atoms with Gasteiger partial charge < -0.3 is 5.11 Å². The van der Waals surface area contributed by atoms with Crippen molar-refractivity contribution in [2.45, 2.75) is 24.7 Å². The van der Waals surface area contributed by atoms with E-state index in [1.807, 2.05) is 0 Å². The van der Waals surface area contributed by atoms with Gasteiger partial charge in [0.15, 0.2) is 5.78 Å². The Kier molecular flexibility index (Phi) is 6.70. The SMILES string of the molecule is O=C(/C=C(\[O-])c1cc(C(F)(F)F)c(F)c(C(F)(F)F)c1)c1cc(C(F)(F)F)nc(C(F)(F)F)c1. The molecule has 186 valence electrons. The maximum Gasteiger partial charge on any atom is 0.433 e. The minimum Gasteiger partial charge on any atom is -0.872 e. The summed E-state index contributed by atoms with van der Waals surface area (Å²) >= 11 is 0. The van der Waals surface area contributed by atoms with Crippen LogP contribution < -0.4 is 5.11 Å². The molecule has 3 nitrogen and oxygen atoms in total. The van der Waals surface area contributed by atoms with Crippen LogP contribution in [0.2, 0.25) is 0 Å². The number of pyridine rings is 1. The Labute approximate surface area is 179 Å². The van der Waals surface area contributed by atoms with Crippen molar-refractivity contribution >= 4 is 11.5 Å². The van der Waals surface area contributed by atoms with Gasteiger partial charge in [-0.1, -0.05) is 5.76 Å². The van der Waals surface area contributed by atoms with Gasteiger partial charge in [0.2, 0.25) is 0 Å². The number of hydrogen-bond acceptors (Lipinski definition) is 3. The Balaban J connectivity index is 2.67. The molecule has 2 rings (SSSR count). The first-order chi connectivity index (χ1) is 15.1. The number of aromatic nitrogens is 1. The van der Waals surface area contributed by atoms with Crippen LogP contribution in [0.4, 0.5) is 57.1 Å². The molecule has 16 heteroatoms. The van der Waals surface area contributed by atoms with E-state index in [1.165, 1.54) is 0 Å². The maximum absolute atomic E-state index is 13.7. The molecule has 0 aliphatic heterocycles. The van der Waals surface area contributed by atoms with Crippen molar-refractivity contribution in [1.29, 1.82) is 0 Å². The van der Waals surface area contributed by atoms with Crippen LogP contribution in [0.1, 0.15) is 38.4 Å². The molecule has 0 atom stereocenters. The minimum atomic E-state index is -5.74. The van der Waals surface area contributed by atoms with Crippen LogP contribution in [0.15, 0.2) is 30.3 Å². The Morgan fingerprint density at radius 2 is 1.06 bits per heavy atom. The van der Waals surface area contributed by atoms with Crippen molar-refractivity contribution < 1.29 is 67.0 Å². The Hall–Kier alpha value is -3.33.